The van der Waals surface area contributed by atoms with Crippen LogP contribution in [0.4, 0.5) is 11.6 Å². The Morgan fingerprint density at radius 2 is 1.59 bits per heavy atom. The van der Waals surface area contributed by atoms with Gasteiger partial charge < -0.3 is 9.80 Å². The predicted octanol–water partition coefficient (Wildman–Crippen LogP) is 4.21. The van der Waals surface area contributed by atoms with E-state index in [1.54, 1.807) is 4.90 Å². The minimum absolute atomic E-state index is 0.0341. The Bertz CT molecular complexity index is 1620. The van der Waals surface area contributed by atoms with Crippen LogP contribution in [0.25, 0.3) is 27.9 Å². The highest BCUT2D eigenvalue weighted by atomic mass is 16.6. The van der Waals surface area contributed by atoms with Crippen LogP contribution in [0.2, 0.25) is 0 Å². The van der Waals surface area contributed by atoms with Crippen molar-refractivity contribution in [1.82, 2.24) is 24.5 Å². The van der Waals surface area contributed by atoms with Crippen LogP contribution >= 0.6 is 0 Å². The van der Waals surface area contributed by atoms with Crippen molar-refractivity contribution in [2.24, 2.45) is 0 Å². The normalized spacial score (nSPS) is 14.2. The summed E-state index contributed by atoms with van der Waals surface area (Å²) in [6.07, 6.45) is 0.748. The molecule has 10 heteroatoms. The van der Waals surface area contributed by atoms with Gasteiger partial charge in [0.2, 0.25) is 5.95 Å². The summed E-state index contributed by atoms with van der Waals surface area (Å²) < 4.78 is 2.01. The molecular formula is C27H23N7O3. The summed E-state index contributed by atoms with van der Waals surface area (Å²) >= 11 is 0. The van der Waals surface area contributed by atoms with Gasteiger partial charge >= 0.3 is 0 Å². The van der Waals surface area contributed by atoms with Crippen LogP contribution in [0.1, 0.15) is 16.8 Å². The van der Waals surface area contributed by atoms with E-state index in [4.69, 9.17) is 4.98 Å². The zero-order valence-electron chi connectivity index (χ0n) is 19.9. The van der Waals surface area contributed by atoms with Crippen molar-refractivity contribution in [3.63, 3.8) is 0 Å². The third-order valence-electron chi connectivity index (χ3n) is 6.65. The lowest BCUT2D eigenvalue weighted by molar-refractivity contribution is -0.384. The number of amides is 1. The monoisotopic (exact) mass is 493 g/mol. The van der Waals surface area contributed by atoms with Gasteiger partial charge in [0.05, 0.1) is 10.4 Å². The van der Waals surface area contributed by atoms with E-state index in [0.717, 1.165) is 34.5 Å². The fourth-order valence-electron chi connectivity index (χ4n) is 4.78. The Balaban J connectivity index is 1.35. The van der Waals surface area contributed by atoms with Crippen molar-refractivity contribution in [3.05, 3.63) is 94.5 Å². The number of nitro groups is 1. The Labute approximate surface area is 211 Å². The molecule has 1 saturated heterocycles. The van der Waals surface area contributed by atoms with Gasteiger partial charge in [-0.3, -0.25) is 14.9 Å². The second-order valence-corrected chi connectivity index (χ2v) is 8.91. The highest BCUT2D eigenvalue weighted by molar-refractivity contribution is 5.95. The Kier molecular flexibility index (Phi) is 5.68. The average molecular weight is 494 g/mol. The molecule has 0 radical (unpaired) electrons. The minimum Gasteiger partial charge on any atom is -0.340 e. The maximum absolute atomic E-state index is 13.2. The van der Waals surface area contributed by atoms with Crippen molar-refractivity contribution < 1.29 is 9.72 Å². The van der Waals surface area contributed by atoms with Gasteiger partial charge in [-0.2, -0.15) is 0 Å². The van der Waals surface area contributed by atoms with Crippen molar-refractivity contribution in [3.8, 4) is 11.4 Å². The van der Waals surface area contributed by atoms with E-state index in [-0.39, 0.29) is 11.6 Å². The molecule has 1 amide bonds. The smallest absolute Gasteiger partial charge is 0.269 e. The largest absolute Gasteiger partial charge is 0.340 e. The predicted molar refractivity (Wildman–Crippen MR) is 140 cm³/mol. The number of aromatic nitrogens is 4. The van der Waals surface area contributed by atoms with Crippen LogP contribution in [-0.2, 0) is 0 Å². The quantitative estimate of drug-likeness (QED) is 0.273. The molecule has 5 aromatic rings. The Morgan fingerprint density at radius 3 is 2.38 bits per heavy atom. The number of carbonyl (C=O) groups is 1. The molecule has 1 aliphatic rings. The van der Waals surface area contributed by atoms with Gasteiger partial charge in [0.15, 0.2) is 11.5 Å². The van der Waals surface area contributed by atoms with Crippen LogP contribution in [0.3, 0.4) is 0 Å². The summed E-state index contributed by atoms with van der Waals surface area (Å²) in [6, 6.07) is 23.6. The van der Waals surface area contributed by atoms with Gasteiger partial charge in [-0.1, -0.05) is 42.5 Å². The minimum atomic E-state index is -0.468. The van der Waals surface area contributed by atoms with Gasteiger partial charge in [-0.25, -0.2) is 9.38 Å². The topological polar surface area (TPSA) is 110 Å². The maximum Gasteiger partial charge on any atom is 0.269 e. The van der Waals surface area contributed by atoms with E-state index in [0.29, 0.717) is 37.6 Å². The standard InChI is InChI=1S/C27H23N7O3/c35-26(20-11-13-21(14-12-20)34(36)37)31-15-6-16-32(18-17-31)27-28-23-10-5-4-9-22(23)25-30-29-24(33(25)27)19-7-2-1-3-8-19/h1-5,7-14H,6,15-18H2. The highest BCUT2D eigenvalue weighted by Crippen LogP contribution is 2.29. The molecule has 6 rings (SSSR count). The van der Waals surface area contributed by atoms with Gasteiger partial charge in [0.25, 0.3) is 11.6 Å². The Hall–Kier alpha value is -4.86. The molecule has 0 bridgehead atoms. The number of rotatable bonds is 4. The number of nitrogens with zero attached hydrogens (tertiary/aromatic N) is 7. The first-order chi connectivity index (χ1) is 18.1. The molecule has 1 aliphatic heterocycles. The van der Waals surface area contributed by atoms with Crippen LogP contribution in [-0.4, -0.2) is 61.5 Å². The van der Waals surface area contributed by atoms with E-state index in [9.17, 15) is 14.9 Å². The van der Waals surface area contributed by atoms with E-state index in [2.05, 4.69) is 15.1 Å². The first-order valence-corrected chi connectivity index (χ1v) is 12.1. The van der Waals surface area contributed by atoms with Gasteiger partial charge in [-0.05, 0) is 30.7 Å². The second kappa shape index (κ2) is 9.30. The summed E-state index contributed by atoms with van der Waals surface area (Å²) in [5.74, 6) is 1.32. The van der Waals surface area contributed by atoms with E-state index >= 15 is 0 Å². The molecule has 10 nitrogen and oxygen atoms in total. The number of hydrogen-bond acceptors (Lipinski definition) is 7. The van der Waals surface area contributed by atoms with E-state index in [1.165, 1.54) is 24.3 Å². The summed E-state index contributed by atoms with van der Waals surface area (Å²) in [5, 5.41) is 20.9. The Morgan fingerprint density at radius 1 is 0.838 bits per heavy atom. The number of benzene rings is 3. The van der Waals surface area contributed by atoms with Crippen LogP contribution in [0.5, 0.6) is 0 Å². The van der Waals surface area contributed by atoms with Crippen molar-refractivity contribution >= 4 is 34.1 Å². The molecule has 2 aromatic heterocycles. The molecule has 1 fully saturated rings. The van der Waals surface area contributed by atoms with Crippen molar-refractivity contribution in [1.29, 1.82) is 0 Å². The first-order valence-electron chi connectivity index (χ1n) is 12.1. The lowest BCUT2D eigenvalue weighted by Crippen LogP contribution is -2.36. The number of anilines is 1. The number of fused-ring (bicyclic) bond motifs is 3. The highest BCUT2D eigenvalue weighted by Gasteiger charge is 2.25. The molecule has 37 heavy (non-hydrogen) atoms. The van der Waals surface area contributed by atoms with Crippen LogP contribution < -0.4 is 4.90 Å². The molecular weight excluding hydrogens is 470 g/mol. The molecule has 0 N–H and O–H groups in total. The summed E-state index contributed by atoms with van der Waals surface area (Å²) in [6.45, 7) is 2.36. The summed E-state index contributed by atoms with van der Waals surface area (Å²) in [4.78, 5) is 32.6. The lowest BCUT2D eigenvalue weighted by atomic mass is 10.2. The van der Waals surface area contributed by atoms with Crippen molar-refractivity contribution in [2.75, 3.05) is 31.1 Å². The van der Waals surface area contributed by atoms with E-state index in [1.807, 2.05) is 59.0 Å². The van der Waals surface area contributed by atoms with Crippen molar-refractivity contribution in [2.45, 2.75) is 6.42 Å². The molecule has 0 aliphatic carbocycles. The van der Waals surface area contributed by atoms with Gasteiger partial charge in [0, 0.05) is 54.8 Å². The molecule has 0 unspecified atom stereocenters. The fourth-order valence-corrected chi connectivity index (χ4v) is 4.78. The molecule has 0 atom stereocenters. The number of hydrogen-bond donors (Lipinski definition) is 0. The molecule has 3 heterocycles. The maximum atomic E-state index is 13.2. The van der Waals surface area contributed by atoms with Crippen LogP contribution in [0, 0.1) is 10.1 Å². The molecule has 3 aromatic carbocycles. The van der Waals surface area contributed by atoms with Crippen LogP contribution in [0.15, 0.2) is 78.9 Å². The van der Waals surface area contributed by atoms with E-state index < -0.39 is 4.92 Å². The molecule has 0 saturated carbocycles. The lowest BCUT2D eigenvalue weighted by Gasteiger charge is -2.24. The SMILES string of the molecule is O=C(c1ccc([N+](=O)[O-])cc1)N1CCCN(c2nc3ccccc3c3nnc(-c4ccccc4)n23)CC1. The first kappa shape index (κ1) is 22.6. The molecule has 0 spiro atoms. The average Bonchev–Trinajstić information content (AvgIpc) is 3.24. The third-order valence-corrected chi connectivity index (χ3v) is 6.65. The zero-order chi connectivity index (χ0) is 25.4. The third kappa shape index (κ3) is 4.12. The number of para-hydroxylation sites is 1. The van der Waals surface area contributed by atoms with Gasteiger partial charge in [0.1, 0.15) is 0 Å². The second-order valence-electron chi connectivity index (χ2n) is 8.91. The summed E-state index contributed by atoms with van der Waals surface area (Å²) in [5.41, 5.74) is 2.92. The fraction of sp³-hybridized carbons (Fsp3) is 0.185. The molecule has 184 valence electrons. The number of nitro benzene ring substituents is 1. The summed E-state index contributed by atoms with van der Waals surface area (Å²) in [7, 11) is 0. The van der Waals surface area contributed by atoms with Gasteiger partial charge in [-0.15, -0.1) is 10.2 Å². The number of non-ortho nitro benzene ring substituents is 1. The number of carbonyl (C=O) groups excluding carboxylic acids is 1. The zero-order valence-corrected chi connectivity index (χ0v) is 19.9.